The summed E-state index contributed by atoms with van der Waals surface area (Å²) in [6, 6.07) is 8.11. The largest absolute Gasteiger partial charge is 0.491 e. The zero-order valence-electron chi connectivity index (χ0n) is 11.2. The van der Waals surface area contributed by atoms with Crippen molar-refractivity contribution in [1.29, 1.82) is 0 Å². The zero-order chi connectivity index (χ0) is 12.6. The highest BCUT2D eigenvalue weighted by molar-refractivity contribution is 5.27. The average Bonchev–Trinajstić information content (AvgIpc) is 2.87. The number of likely N-dealkylation sites (tertiary alicyclic amines) is 1. The molecule has 0 atom stereocenters. The standard InChI is InChI=1S/C15H23NO2/c1-14-5-4-6-15(13-14)18-12-11-17-10-9-16-7-2-3-8-16/h4-6,13H,2-3,7-12H2,1H3. The Bertz CT molecular complexity index is 348. The third-order valence-electron chi connectivity index (χ3n) is 3.24. The van der Waals surface area contributed by atoms with E-state index in [2.05, 4.69) is 17.9 Å². The topological polar surface area (TPSA) is 21.7 Å². The highest BCUT2D eigenvalue weighted by Crippen LogP contribution is 2.12. The molecule has 2 rings (SSSR count). The Balaban J connectivity index is 1.50. The van der Waals surface area contributed by atoms with Gasteiger partial charge < -0.3 is 14.4 Å². The number of aryl methyl sites for hydroxylation is 1. The Labute approximate surface area is 110 Å². The smallest absolute Gasteiger partial charge is 0.119 e. The van der Waals surface area contributed by atoms with E-state index in [-0.39, 0.29) is 0 Å². The van der Waals surface area contributed by atoms with Crippen LogP contribution in [-0.2, 0) is 4.74 Å². The molecule has 1 saturated heterocycles. The maximum absolute atomic E-state index is 5.62. The van der Waals surface area contributed by atoms with Gasteiger partial charge in [-0.25, -0.2) is 0 Å². The Morgan fingerprint density at radius 1 is 1.11 bits per heavy atom. The first-order valence-electron chi connectivity index (χ1n) is 6.84. The van der Waals surface area contributed by atoms with Crippen LogP contribution in [0.25, 0.3) is 0 Å². The third kappa shape index (κ3) is 4.67. The molecule has 1 heterocycles. The lowest BCUT2D eigenvalue weighted by Gasteiger charge is -2.14. The maximum Gasteiger partial charge on any atom is 0.119 e. The molecular formula is C15H23NO2. The minimum Gasteiger partial charge on any atom is -0.491 e. The van der Waals surface area contributed by atoms with E-state index in [4.69, 9.17) is 9.47 Å². The molecule has 0 aromatic heterocycles. The van der Waals surface area contributed by atoms with Crippen molar-refractivity contribution in [3.8, 4) is 5.75 Å². The Morgan fingerprint density at radius 3 is 2.72 bits per heavy atom. The van der Waals surface area contributed by atoms with Gasteiger partial charge in [0.1, 0.15) is 12.4 Å². The van der Waals surface area contributed by atoms with E-state index in [0.717, 1.165) is 18.9 Å². The monoisotopic (exact) mass is 249 g/mol. The van der Waals surface area contributed by atoms with E-state index in [0.29, 0.717) is 13.2 Å². The van der Waals surface area contributed by atoms with Crippen molar-refractivity contribution in [1.82, 2.24) is 4.90 Å². The van der Waals surface area contributed by atoms with Gasteiger partial charge in [-0.1, -0.05) is 12.1 Å². The Hall–Kier alpha value is -1.06. The summed E-state index contributed by atoms with van der Waals surface area (Å²) < 4.78 is 11.2. The Kier molecular flexibility index (Phi) is 5.49. The molecule has 0 unspecified atom stereocenters. The third-order valence-corrected chi connectivity index (χ3v) is 3.24. The molecule has 1 aliphatic rings. The molecule has 1 aromatic rings. The summed E-state index contributed by atoms with van der Waals surface area (Å²) in [4.78, 5) is 2.46. The summed E-state index contributed by atoms with van der Waals surface area (Å²) in [6.07, 6.45) is 2.69. The predicted octanol–water partition coefficient (Wildman–Crippen LogP) is 2.49. The van der Waals surface area contributed by atoms with Crippen LogP contribution in [-0.4, -0.2) is 44.4 Å². The van der Waals surface area contributed by atoms with Gasteiger partial charge in [-0.2, -0.15) is 0 Å². The molecule has 3 nitrogen and oxygen atoms in total. The second-order valence-corrected chi connectivity index (χ2v) is 4.83. The van der Waals surface area contributed by atoms with Crippen molar-refractivity contribution in [2.45, 2.75) is 19.8 Å². The molecule has 0 amide bonds. The van der Waals surface area contributed by atoms with Gasteiger partial charge in [-0.15, -0.1) is 0 Å². The van der Waals surface area contributed by atoms with Crippen LogP contribution >= 0.6 is 0 Å². The van der Waals surface area contributed by atoms with Crippen molar-refractivity contribution in [3.05, 3.63) is 29.8 Å². The number of benzene rings is 1. The first-order valence-corrected chi connectivity index (χ1v) is 6.84. The summed E-state index contributed by atoms with van der Waals surface area (Å²) in [5.74, 6) is 0.929. The zero-order valence-corrected chi connectivity index (χ0v) is 11.2. The summed E-state index contributed by atoms with van der Waals surface area (Å²) >= 11 is 0. The summed E-state index contributed by atoms with van der Waals surface area (Å²) in [6.45, 7) is 7.72. The molecule has 1 aliphatic heterocycles. The minimum absolute atomic E-state index is 0.628. The van der Waals surface area contributed by atoms with Gasteiger partial charge >= 0.3 is 0 Å². The normalized spacial score (nSPS) is 16.1. The fourth-order valence-electron chi connectivity index (χ4n) is 2.23. The van der Waals surface area contributed by atoms with Crippen molar-refractivity contribution in [3.63, 3.8) is 0 Å². The number of rotatable bonds is 7. The van der Waals surface area contributed by atoms with Crippen molar-refractivity contribution >= 4 is 0 Å². The highest BCUT2D eigenvalue weighted by Gasteiger charge is 2.10. The van der Waals surface area contributed by atoms with E-state index in [1.807, 2.05) is 18.2 Å². The summed E-state index contributed by atoms with van der Waals surface area (Å²) in [5, 5.41) is 0. The molecule has 0 N–H and O–H groups in total. The van der Waals surface area contributed by atoms with Gasteiger partial charge in [0.05, 0.1) is 13.2 Å². The van der Waals surface area contributed by atoms with Crippen molar-refractivity contribution in [2.24, 2.45) is 0 Å². The van der Waals surface area contributed by atoms with E-state index in [1.54, 1.807) is 0 Å². The van der Waals surface area contributed by atoms with E-state index in [9.17, 15) is 0 Å². The second-order valence-electron chi connectivity index (χ2n) is 4.83. The van der Waals surface area contributed by atoms with E-state index in [1.165, 1.54) is 31.5 Å². The first-order chi connectivity index (χ1) is 8.84. The molecule has 0 spiro atoms. The van der Waals surface area contributed by atoms with Crippen LogP contribution in [0.5, 0.6) is 5.75 Å². The predicted molar refractivity (Wildman–Crippen MR) is 73.2 cm³/mol. The molecule has 0 bridgehead atoms. The Morgan fingerprint density at radius 2 is 1.94 bits per heavy atom. The van der Waals surface area contributed by atoms with Crippen molar-refractivity contribution in [2.75, 3.05) is 39.5 Å². The number of ether oxygens (including phenoxy) is 2. The molecule has 1 fully saturated rings. The van der Waals surface area contributed by atoms with Gasteiger partial charge in [0.2, 0.25) is 0 Å². The fourth-order valence-corrected chi connectivity index (χ4v) is 2.23. The van der Waals surface area contributed by atoms with Crippen LogP contribution in [0, 0.1) is 6.92 Å². The second kappa shape index (κ2) is 7.39. The van der Waals surface area contributed by atoms with Gasteiger partial charge in [-0.3, -0.25) is 0 Å². The van der Waals surface area contributed by atoms with Crippen LogP contribution in [0.1, 0.15) is 18.4 Å². The van der Waals surface area contributed by atoms with Crippen LogP contribution in [0.2, 0.25) is 0 Å². The minimum atomic E-state index is 0.628. The SMILES string of the molecule is Cc1cccc(OCCOCCN2CCCC2)c1. The van der Waals surface area contributed by atoms with Crippen LogP contribution < -0.4 is 4.74 Å². The van der Waals surface area contributed by atoms with Gasteiger partial charge in [0, 0.05) is 6.54 Å². The van der Waals surface area contributed by atoms with Crippen LogP contribution in [0.3, 0.4) is 0 Å². The maximum atomic E-state index is 5.62. The molecule has 0 saturated carbocycles. The van der Waals surface area contributed by atoms with Gasteiger partial charge in [-0.05, 0) is 50.6 Å². The fraction of sp³-hybridized carbons (Fsp3) is 0.600. The molecule has 18 heavy (non-hydrogen) atoms. The highest BCUT2D eigenvalue weighted by atomic mass is 16.5. The van der Waals surface area contributed by atoms with Gasteiger partial charge in [0.15, 0.2) is 0 Å². The number of hydrogen-bond donors (Lipinski definition) is 0. The van der Waals surface area contributed by atoms with Crippen molar-refractivity contribution < 1.29 is 9.47 Å². The van der Waals surface area contributed by atoms with E-state index >= 15 is 0 Å². The molecular weight excluding hydrogens is 226 g/mol. The molecule has 100 valence electrons. The molecule has 1 aromatic carbocycles. The number of nitrogens with zero attached hydrogens (tertiary/aromatic N) is 1. The lowest BCUT2D eigenvalue weighted by Crippen LogP contribution is -2.24. The van der Waals surface area contributed by atoms with Crippen LogP contribution in [0.15, 0.2) is 24.3 Å². The lowest BCUT2D eigenvalue weighted by molar-refractivity contribution is 0.0846. The summed E-state index contributed by atoms with van der Waals surface area (Å²) in [5.41, 5.74) is 1.22. The first kappa shape index (κ1) is 13.4. The molecule has 0 aliphatic carbocycles. The molecule has 3 heteroatoms. The van der Waals surface area contributed by atoms with E-state index < -0.39 is 0 Å². The number of hydrogen-bond acceptors (Lipinski definition) is 3. The lowest BCUT2D eigenvalue weighted by atomic mass is 10.2. The van der Waals surface area contributed by atoms with Crippen LogP contribution in [0.4, 0.5) is 0 Å². The summed E-state index contributed by atoms with van der Waals surface area (Å²) in [7, 11) is 0. The average molecular weight is 249 g/mol. The quantitative estimate of drug-likeness (QED) is 0.693. The molecule has 0 radical (unpaired) electrons. The van der Waals surface area contributed by atoms with Gasteiger partial charge in [0.25, 0.3) is 0 Å².